The third-order valence-electron chi connectivity index (χ3n) is 2.62. The zero-order chi connectivity index (χ0) is 13.7. The number of aryl methyl sites for hydroxylation is 1. The molecule has 0 fully saturated rings. The number of benzene rings is 1. The SMILES string of the molecule is CCNCCCc1nnc(-c2ccc(F)cc2F)o1. The van der Waals surface area contributed by atoms with E-state index in [-0.39, 0.29) is 11.5 Å². The quantitative estimate of drug-likeness (QED) is 0.817. The fourth-order valence-corrected chi connectivity index (χ4v) is 1.67. The van der Waals surface area contributed by atoms with Gasteiger partial charge in [-0.25, -0.2) is 8.78 Å². The molecule has 0 aliphatic carbocycles. The molecule has 0 aliphatic heterocycles. The van der Waals surface area contributed by atoms with E-state index in [1.165, 1.54) is 6.07 Å². The van der Waals surface area contributed by atoms with Crippen LogP contribution in [0.15, 0.2) is 22.6 Å². The van der Waals surface area contributed by atoms with Crippen LogP contribution in [0.25, 0.3) is 11.5 Å². The zero-order valence-corrected chi connectivity index (χ0v) is 10.6. The molecular formula is C13H15F2N3O. The van der Waals surface area contributed by atoms with Crippen LogP contribution in [0.4, 0.5) is 8.78 Å². The summed E-state index contributed by atoms with van der Waals surface area (Å²) >= 11 is 0. The molecule has 4 nitrogen and oxygen atoms in total. The molecule has 0 spiro atoms. The number of nitrogens with one attached hydrogen (secondary N) is 1. The third kappa shape index (κ3) is 3.57. The maximum absolute atomic E-state index is 13.5. The predicted molar refractivity (Wildman–Crippen MR) is 66.5 cm³/mol. The van der Waals surface area contributed by atoms with Crippen LogP contribution in [0, 0.1) is 11.6 Å². The molecule has 0 aliphatic rings. The predicted octanol–water partition coefficient (Wildman–Crippen LogP) is 2.56. The van der Waals surface area contributed by atoms with Crippen LogP contribution in [0.2, 0.25) is 0 Å². The Hall–Kier alpha value is -1.82. The number of aromatic nitrogens is 2. The van der Waals surface area contributed by atoms with Gasteiger partial charge in [0.05, 0.1) is 5.56 Å². The lowest BCUT2D eigenvalue weighted by Crippen LogP contribution is -2.14. The van der Waals surface area contributed by atoms with Crippen LogP contribution in [-0.4, -0.2) is 23.3 Å². The number of hydrogen-bond acceptors (Lipinski definition) is 4. The molecule has 1 N–H and O–H groups in total. The minimum absolute atomic E-state index is 0.0796. The Morgan fingerprint density at radius 2 is 2.11 bits per heavy atom. The topological polar surface area (TPSA) is 51.0 Å². The highest BCUT2D eigenvalue weighted by atomic mass is 19.1. The molecule has 0 radical (unpaired) electrons. The van der Waals surface area contributed by atoms with E-state index in [0.717, 1.165) is 31.6 Å². The Morgan fingerprint density at radius 1 is 1.26 bits per heavy atom. The summed E-state index contributed by atoms with van der Waals surface area (Å²) in [6, 6.07) is 3.25. The van der Waals surface area contributed by atoms with E-state index in [2.05, 4.69) is 15.5 Å². The summed E-state index contributed by atoms with van der Waals surface area (Å²) in [6.07, 6.45) is 1.49. The van der Waals surface area contributed by atoms with Gasteiger partial charge in [-0.15, -0.1) is 10.2 Å². The standard InChI is InChI=1S/C13H15F2N3O/c1-2-16-7-3-4-12-17-18-13(19-12)10-6-5-9(14)8-11(10)15/h5-6,8,16H,2-4,7H2,1H3. The molecule has 2 rings (SSSR count). The summed E-state index contributed by atoms with van der Waals surface area (Å²) in [5.74, 6) is -0.804. The van der Waals surface area contributed by atoms with Gasteiger partial charge in [-0.1, -0.05) is 6.92 Å². The van der Waals surface area contributed by atoms with Crippen molar-refractivity contribution >= 4 is 0 Å². The average molecular weight is 267 g/mol. The maximum atomic E-state index is 13.5. The van der Waals surface area contributed by atoms with E-state index in [1.807, 2.05) is 6.92 Å². The first-order valence-electron chi connectivity index (χ1n) is 6.19. The van der Waals surface area contributed by atoms with Crippen molar-refractivity contribution in [3.63, 3.8) is 0 Å². The molecule has 0 atom stereocenters. The molecule has 0 amide bonds. The second-order valence-corrected chi connectivity index (χ2v) is 4.08. The van der Waals surface area contributed by atoms with Gasteiger partial charge in [-0.05, 0) is 31.6 Å². The fourth-order valence-electron chi connectivity index (χ4n) is 1.67. The molecule has 0 unspecified atom stereocenters. The lowest BCUT2D eigenvalue weighted by molar-refractivity contribution is 0.488. The van der Waals surface area contributed by atoms with Gasteiger partial charge in [0.1, 0.15) is 11.6 Å². The highest BCUT2D eigenvalue weighted by molar-refractivity contribution is 5.53. The van der Waals surface area contributed by atoms with Crippen molar-refractivity contribution in [3.05, 3.63) is 35.7 Å². The largest absolute Gasteiger partial charge is 0.421 e. The summed E-state index contributed by atoms with van der Waals surface area (Å²) in [7, 11) is 0. The number of hydrogen-bond donors (Lipinski definition) is 1. The zero-order valence-electron chi connectivity index (χ0n) is 10.6. The Balaban J connectivity index is 2.04. The molecular weight excluding hydrogens is 252 g/mol. The third-order valence-corrected chi connectivity index (χ3v) is 2.62. The molecule has 1 aromatic carbocycles. The van der Waals surface area contributed by atoms with Gasteiger partial charge >= 0.3 is 0 Å². The van der Waals surface area contributed by atoms with Crippen LogP contribution in [0.3, 0.4) is 0 Å². The van der Waals surface area contributed by atoms with Gasteiger partial charge in [0, 0.05) is 12.5 Å². The van der Waals surface area contributed by atoms with E-state index in [1.54, 1.807) is 0 Å². The van der Waals surface area contributed by atoms with Gasteiger partial charge < -0.3 is 9.73 Å². The second-order valence-electron chi connectivity index (χ2n) is 4.08. The first-order chi connectivity index (χ1) is 9.20. The van der Waals surface area contributed by atoms with Crippen molar-refractivity contribution in [1.82, 2.24) is 15.5 Å². The molecule has 1 heterocycles. The van der Waals surface area contributed by atoms with Crippen LogP contribution in [0.1, 0.15) is 19.2 Å². The minimum atomic E-state index is -0.706. The Bertz CT molecular complexity index is 542. The molecule has 102 valence electrons. The van der Waals surface area contributed by atoms with Crippen LogP contribution < -0.4 is 5.32 Å². The summed E-state index contributed by atoms with van der Waals surface area (Å²) in [5.41, 5.74) is 0.117. The van der Waals surface area contributed by atoms with Crippen LogP contribution >= 0.6 is 0 Å². The lowest BCUT2D eigenvalue weighted by atomic mass is 10.2. The van der Waals surface area contributed by atoms with Crippen molar-refractivity contribution < 1.29 is 13.2 Å². The van der Waals surface area contributed by atoms with Gasteiger partial charge in [-0.3, -0.25) is 0 Å². The van der Waals surface area contributed by atoms with Gasteiger partial charge in [0.25, 0.3) is 5.89 Å². The van der Waals surface area contributed by atoms with Gasteiger partial charge in [0.2, 0.25) is 5.89 Å². The fraction of sp³-hybridized carbons (Fsp3) is 0.385. The summed E-state index contributed by atoms with van der Waals surface area (Å²) < 4.78 is 31.7. The molecule has 1 aromatic heterocycles. The number of nitrogens with zero attached hydrogens (tertiary/aromatic N) is 2. The van der Waals surface area contributed by atoms with E-state index in [4.69, 9.17) is 4.42 Å². The second kappa shape index (κ2) is 6.38. The first-order valence-corrected chi connectivity index (χ1v) is 6.19. The smallest absolute Gasteiger partial charge is 0.250 e. The molecule has 0 bridgehead atoms. The first kappa shape index (κ1) is 13.6. The normalized spacial score (nSPS) is 10.9. The van der Waals surface area contributed by atoms with Crippen molar-refractivity contribution in [2.24, 2.45) is 0 Å². The summed E-state index contributed by atoms with van der Waals surface area (Å²) in [4.78, 5) is 0. The van der Waals surface area contributed by atoms with Crippen molar-refractivity contribution in [1.29, 1.82) is 0 Å². The molecule has 19 heavy (non-hydrogen) atoms. The van der Waals surface area contributed by atoms with Crippen molar-refractivity contribution in [2.75, 3.05) is 13.1 Å². The molecule has 0 saturated heterocycles. The van der Waals surface area contributed by atoms with Crippen LogP contribution in [-0.2, 0) is 6.42 Å². The van der Waals surface area contributed by atoms with Gasteiger partial charge in [0.15, 0.2) is 0 Å². The van der Waals surface area contributed by atoms with E-state index < -0.39 is 11.6 Å². The molecule has 0 saturated carbocycles. The molecule has 6 heteroatoms. The lowest BCUT2D eigenvalue weighted by Gasteiger charge is -1.98. The highest BCUT2D eigenvalue weighted by Crippen LogP contribution is 2.22. The van der Waals surface area contributed by atoms with Crippen molar-refractivity contribution in [3.8, 4) is 11.5 Å². The Labute approximate surface area is 109 Å². The van der Waals surface area contributed by atoms with Crippen LogP contribution in [0.5, 0.6) is 0 Å². The molecule has 2 aromatic rings. The Kier molecular flexibility index (Phi) is 4.57. The maximum Gasteiger partial charge on any atom is 0.250 e. The van der Waals surface area contributed by atoms with E-state index in [0.29, 0.717) is 12.3 Å². The van der Waals surface area contributed by atoms with E-state index in [9.17, 15) is 8.78 Å². The summed E-state index contributed by atoms with van der Waals surface area (Å²) in [6.45, 7) is 3.80. The van der Waals surface area contributed by atoms with Crippen molar-refractivity contribution in [2.45, 2.75) is 19.8 Å². The van der Waals surface area contributed by atoms with E-state index >= 15 is 0 Å². The summed E-state index contributed by atoms with van der Waals surface area (Å²) in [5, 5.41) is 10.8. The minimum Gasteiger partial charge on any atom is -0.421 e. The Morgan fingerprint density at radius 3 is 2.84 bits per heavy atom. The number of halogens is 2. The average Bonchev–Trinajstić information content (AvgIpc) is 2.83. The number of rotatable bonds is 6. The highest BCUT2D eigenvalue weighted by Gasteiger charge is 2.13. The monoisotopic (exact) mass is 267 g/mol. The van der Waals surface area contributed by atoms with Gasteiger partial charge in [-0.2, -0.15) is 0 Å².